The highest BCUT2D eigenvalue weighted by molar-refractivity contribution is 5.89. The number of rotatable bonds is 2. The molecule has 1 heterocycles. The van der Waals surface area contributed by atoms with E-state index in [1.54, 1.807) is 0 Å². The molecule has 5 nitrogen and oxygen atoms in total. The summed E-state index contributed by atoms with van der Waals surface area (Å²) in [5.41, 5.74) is 2.08. The molecule has 2 N–H and O–H groups in total. The summed E-state index contributed by atoms with van der Waals surface area (Å²) in [4.78, 5) is 15.3. The highest BCUT2D eigenvalue weighted by Gasteiger charge is 2.18. The van der Waals surface area contributed by atoms with Gasteiger partial charge in [0, 0.05) is 0 Å². The molecule has 0 bridgehead atoms. The number of anilines is 1. The lowest BCUT2D eigenvalue weighted by Gasteiger charge is -2.15. The van der Waals surface area contributed by atoms with Crippen LogP contribution in [0.5, 0.6) is 0 Å². The number of hydrazine groups is 1. The van der Waals surface area contributed by atoms with Crippen molar-refractivity contribution in [2.75, 3.05) is 5.01 Å². The fourth-order valence-corrected chi connectivity index (χ4v) is 1.21. The Morgan fingerprint density at radius 1 is 1.53 bits per heavy atom. The van der Waals surface area contributed by atoms with Crippen LogP contribution < -0.4 is 10.6 Å². The molecular weight excluding hydrogens is 203 g/mol. The molecule has 1 aromatic carbocycles. The second kappa shape index (κ2) is 3.58. The number of nitrogens with zero attached hydrogens (tertiary/aromatic N) is 1. The summed E-state index contributed by atoms with van der Waals surface area (Å²) in [7, 11) is 0. The molecule has 1 aliphatic rings. The first kappa shape index (κ1) is 9.47. The minimum Gasteiger partial charge on any atom is -0.478 e. The van der Waals surface area contributed by atoms with Crippen molar-refractivity contribution in [3.8, 4) is 0 Å². The van der Waals surface area contributed by atoms with Crippen molar-refractivity contribution in [1.29, 1.82) is 0 Å². The lowest BCUT2D eigenvalue weighted by molar-refractivity contribution is 0.0692. The van der Waals surface area contributed by atoms with Crippen LogP contribution in [0.25, 0.3) is 0 Å². The highest BCUT2D eigenvalue weighted by atomic mass is 19.1. The van der Waals surface area contributed by atoms with Gasteiger partial charge in [0.05, 0.1) is 17.5 Å². The van der Waals surface area contributed by atoms with Crippen molar-refractivity contribution in [3.05, 3.63) is 42.0 Å². The van der Waals surface area contributed by atoms with Crippen LogP contribution in [0, 0.1) is 5.82 Å². The van der Waals surface area contributed by atoms with E-state index in [1.165, 1.54) is 35.7 Å². The third-order valence-corrected chi connectivity index (χ3v) is 1.90. The summed E-state index contributed by atoms with van der Waals surface area (Å²) >= 11 is 0. The third-order valence-electron chi connectivity index (χ3n) is 1.90. The van der Waals surface area contributed by atoms with Crippen molar-refractivity contribution in [2.24, 2.45) is 0 Å². The van der Waals surface area contributed by atoms with Crippen molar-refractivity contribution < 1.29 is 19.1 Å². The normalized spacial score (nSPS) is 14.1. The molecule has 6 heteroatoms. The minimum absolute atomic E-state index is 0.0867. The Morgan fingerprint density at radius 2 is 2.33 bits per heavy atom. The number of carboxylic acids is 1. The standard InChI is InChI=1S/C9H7FN2O3/c10-8-6(9(13)14)2-1-3-7(8)12-4-5-15-11-12/h1-5,11H,(H,13,14). The maximum Gasteiger partial charge on any atom is 0.338 e. The minimum atomic E-state index is -1.31. The fraction of sp³-hybridized carbons (Fsp3) is 0. The lowest BCUT2D eigenvalue weighted by atomic mass is 10.2. The number of carbonyl (C=O) groups is 1. The smallest absolute Gasteiger partial charge is 0.338 e. The van der Waals surface area contributed by atoms with Gasteiger partial charge in [-0.1, -0.05) is 11.7 Å². The van der Waals surface area contributed by atoms with E-state index in [2.05, 4.69) is 10.4 Å². The van der Waals surface area contributed by atoms with Crippen LogP contribution in [0.15, 0.2) is 30.7 Å². The monoisotopic (exact) mass is 210 g/mol. The zero-order valence-corrected chi connectivity index (χ0v) is 7.48. The maximum atomic E-state index is 13.6. The van der Waals surface area contributed by atoms with Crippen LogP contribution in [-0.4, -0.2) is 11.1 Å². The molecule has 0 aliphatic carbocycles. The van der Waals surface area contributed by atoms with Crippen molar-refractivity contribution in [1.82, 2.24) is 5.59 Å². The Hall–Kier alpha value is -2.08. The van der Waals surface area contributed by atoms with E-state index in [0.717, 1.165) is 0 Å². The Bertz CT molecular complexity index is 433. The first-order valence-corrected chi connectivity index (χ1v) is 4.09. The summed E-state index contributed by atoms with van der Waals surface area (Å²) in [5, 5.41) is 9.94. The molecule has 78 valence electrons. The van der Waals surface area contributed by atoms with Gasteiger partial charge >= 0.3 is 5.97 Å². The molecule has 0 saturated carbocycles. The van der Waals surface area contributed by atoms with Crippen molar-refractivity contribution >= 4 is 11.7 Å². The topological polar surface area (TPSA) is 61.8 Å². The summed E-state index contributed by atoms with van der Waals surface area (Å²) in [6.45, 7) is 0. The van der Waals surface area contributed by atoms with Crippen molar-refractivity contribution in [2.45, 2.75) is 0 Å². The molecule has 0 aromatic heterocycles. The molecule has 2 rings (SSSR count). The molecule has 0 saturated heterocycles. The third kappa shape index (κ3) is 1.62. The molecular formula is C9H7FN2O3. The van der Waals surface area contributed by atoms with Gasteiger partial charge in [-0.15, -0.1) is 0 Å². The first-order valence-electron chi connectivity index (χ1n) is 4.09. The molecule has 15 heavy (non-hydrogen) atoms. The van der Waals surface area contributed by atoms with E-state index in [0.29, 0.717) is 0 Å². The molecule has 0 atom stereocenters. The van der Waals surface area contributed by atoms with Gasteiger partial charge in [-0.05, 0) is 12.1 Å². The van der Waals surface area contributed by atoms with Crippen LogP contribution >= 0.6 is 0 Å². The van der Waals surface area contributed by atoms with Gasteiger partial charge in [-0.2, -0.15) is 0 Å². The molecule has 1 aromatic rings. The largest absolute Gasteiger partial charge is 0.478 e. The van der Waals surface area contributed by atoms with Gasteiger partial charge in [0.25, 0.3) is 0 Å². The zero-order chi connectivity index (χ0) is 10.8. The Morgan fingerprint density at radius 3 is 2.93 bits per heavy atom. The molecule has 0 unspecified atom stereocenters. The predicted molar refractivity (Wildman–Crippen MR) is 49.2 cm³/mol. The second-order valence-electron chi connectivity index (χ2n) is 2.81. The van der Waals surface area contributed by atoms with Crippen LogP contribution in [0.2, 0.25) is 0 Å². The van der Waals surface area contributed by atoms with E-state index in [1.807, 2.05) is 0 Å². The quantitative estimate of drug-likeness (QED) is 0.769. The SMILES string of the molecule is O=C(O)c1cccc(N2C=CON2)c1F. The van der Waals surface area contributed by atoms with E-state index < -0.39 is 11.8 Å². The summed E-state index contributed by atoms with van der Waals surface area (Å²) in [5.74, 6) is -2.12. The van der Waals surface area contributed by atoms with Crippen LogP contribution in [0.1, 0.15) is 10.4 Å². The van der Waals surface area contributed by atoms with Gasteiger partial charge < -0.3 is 9.94 Å². The number of aromatic carboxylic acids is 1. The zero-order valence-electron chi connectivity index (χ0n) is 7.48. The Labute approximate surface area is 84.3 Å². The molecule has 0 amide bonds. The number of hydrogen-bond donors (Lipinski definition) is 2. The summed E-state index contributed by atoms with van der Waals surface area (Å²) < 4.78 is 13.6. The van der Waals surface area contributed by atoms with E-state index >= 15 is 0 Å². The van der Waals surface area contributed by atoms with E-state index in [-0.39, 0.29) is 11.3 Å². The molecule has 0 radical (unpaired) electrons. The summed E-state index contributed by atoms with van der Waals surface area (Å²) in [6.07, 6.45) is 2.75. The van der Waals surface area contributed by atoms with Gasteiger partial charge in [-0.25, -0.2) is 14.2 Å². The number of benzene rings is 1. The highest BCUT2D eigenvalue weighted by Crippen LogP contribution is 2.22. The van der Waals surface area contributed by atoms with Gasteiger partial charge in [0.1, 0.15) is 6.26 Å². The van der Waals surface area contributed by atoms with Gasteiger partial charge in [-0.3, -0.25) is 0 Å². The first-order chi connectivity index (χ1) is 7.20. The molecule has 0 spiro atoms. The van der Waals surface area contributed by atoms with E-state index in [9.17, 15) is 9.18 Å². The maximum absolute atomic E-state index is 13.6. The predicted octanol–water partition coefficient (Wildman–Crippen LogP) is 1.25. The lowest BCUT2D eigenvalue weighted by Crippen LogP contribution is -2.28. The average molecular weight is 210 g/mol. The molecule has 1 aliphatic heterocycles. The van der Waals surface area contributed by atoms with E-state index in [4.69, 9.17) is 5.11 Å². The number of halogens is 1. The van der Waals surface area contributed by atoms with Crippen molar-refractivity contribution in [3.63, 3.8) is 0 Å². The number of carboxylic acid groups (broad SMARTS) is 1. The van der Waals surface area contributed by atoms with Crippen LogP contribution in [-0.2, 0) is 4.84 Å². The Balaban J connectivity index is 2.43. The molecule has 0 fully saturated rings. The van der Waals surface area contributed by atoms with Gasteiger partial charge in [0.15, 0.2) is 5.82 Å². The average Bonchev–Trinajstić information content (AvgIpc) is 2.70. The fourth-order valence-electron chi connectivity index (χ4n) is 1.21. The number of hydrogen-bond acceptors (Lipinski definition) is 4. The van der Waals surface area contributed by atoms with Gasteiger partial charge in [0.2, 0.25) is 0 Å². The Kier molecular flexibility index (Phi) is 2.26. The second-order valence-corrected chi connectivity index (χ2v) is 2.81. The van der Waals surface area contributed by atoms with Crippen LogP contribution in [0.3, 0.4) is 0 Å². The van der Waals surface area contributed by atoms with Crippen LogP contribution in [0.4, 0.5) is 10.1 Å². The number of nitrogens with one attached hydrogen (secondary N) is 1. The summed E-state index contributed by atoms with van der Waals surface area (Å²) in [6, 6.07) is 4.09.